The van der Waals surface area contributed by atoms with Gasteiger partial charge in [-0.05, 0) is 30.2 Å². The SMILES string of the molecule is O=C1NCCN(C(=O)CCc2ccncc2)[C@H]1c1ccccc1Cl. The minimum atomic E-state index is -0.669. The second-order valence-corrected chi connectivity index (χ2v) is 6.06. The minimum absolute atomic E-state index is 0.0495. The molecule has 1 saturated heterocycles. The van der Waals surface area contributed by atoms with Crippen LogP contribution >= 0.6 is 11.6 Å². The summed E-state index contributed by atoms with van der Waals surface area (Å²) >= 11 is 6.24. The predicted octanol–water partition coefficient (Wildman–Crippen LogP) is 2.37. The Labute approximate surface area is 145 Å². The number of pyridine rings is 1. The zero-order valence-electron chi connectivity index (χ0n) is 13.1. The molecule has 0 radical (unpaired) electrons. The number of carbonyl (C=O) groups is 2. The third-order valence-electron chi connectivity index (χ3n) is 4.11. The standard InChI is InChI=1S/C18H18ClN3O2/c19-15-4-2-1-3-14(15)17-18(24)21-11-12-22(17)16(23)6-5-13-7-9-20-10-8-13/h1-4,7-10,17H,5-6,11-12H2,(H,21,24)/t17-/m0/s1. The highest BCUT2D eigenvalue weighted by Crippen LogP contribution is 2.29. The Morgan fingerprint density at radius 1 is 1.25 bits per heavy atom. The van der Waals surface area contributed by atoms with Crippen molar-refractivity contribution in [3.63, 3.8) is 0 Å². The van der Waals surface area contributed by atoms with Crippen LogP contribution in [0, 0.1) is 0 Å². The average molecular weight is 344 g/mol. The number of aryl methyl sites for hydroxylation is 1. The molecule has 2 amide bonds. The van der Waals surface area contributed by atoms with Crippen molar-refractivity contribution in [3.05, 3.63) is 64.9 Å². The van der Waals surface area contributed by atoms with Gasteiger partial charge in [-0.25, -0.2) is 0 Å². The lowest BCUT2D eigenvalue weighted by atomic mass is 10.0. The second-order valence-electron chi connectivity index (χ2n) is 5.66. The molecular formula is C18H18ClN3O2. The van der Waals surface area contributed by atoms with Gasteiger partial charge in [0.1, 0.15) is 6.04 Å². The number of nitrogens with one attached hydrogen (secondary N) is 1. The fourth-order valence-electron chi connectivity index (χ4n) is 2.89. The topological polar surface area (TPSA) is 62.3 Å². The van der Waals surface area contributed by atoms with E-state index in [4.69, 9.17) is 11.6 Å². The molecule has 1 aliphatic heterocycles. The summed E-state index contributed by atoms with van der Waals surface area (Å²) in [5, 5.41) is 3.31. The van der Waals surface area contributed by atoms with Crippen molar-refractivity contribution in [3.8, 4) is 0 Å². The van der Waals surface area contributed by atoms with Crippen molar-refractivity contribution < 1.29 is 9.59 Å². The van der Waals surface area contributed by atoms with E-state index in [0.717, 1.165) is 5.56 Å². The van der Waals surface area contributed by atoms with Gasteiger partial charge < -0.3 is 10.2 Å². The number of halogens is 1. The molecule has 0 bridgehead atoms. The molecule has 24 heavy (non-hydrogen) atoms. The quantitative estimate of drug-likeness (QED) is 0.927. The van der Waals surface area contributed by atoms with Gasteiger partial charge in [-0.1, -0.05) is 29.8 Å². The van der Waals surface area contributed by atoms with E-state index < -0.39 is 6.04 Å². The van der Waals surface area contributed by atoms with E-state index in [1.807, 2.05) is 24.3 Å². The van der Waals surface area contributed by atoms with Gasteiger partial charge in [0.15, 0.2) is 0 Å². The Morgan fingerprint density at radius 3 is 2.75 bits per heavy atom. The van der Waals surface area contributed by atoms with Gasteiger partial charge >= 0.3 is 0 Å². The molecule has 2 heterocycles. The van der Waals surface area contributed by atoms with Gasteiger partial charge in [-0.3, -0.25) is 14.6 Å². The lowest BCUT2D eigenvalue weighted by Gasteiger charge is -2.35. The number of aromatic nitrogens is 1. The molecule has 1 aromatic heterocycles. The monoisotopic (exact) mass is 343 g/mol. The van der Waals surface area contributed by atoms with Crippen LogP contribution in [-0.4, -0.2) is 34.8 Å². The van der Waals surface area contributed by atoms with Crippen LogP contribution in [-0.2, 0) is 16.0 Å². The Hall–Kier alpha value is -2.40. The van der Waals surface area contributed by atoms with Crippen LogP contribution in [0.5, 0.6) is 0 Å². The number of hydrogen-bond acceptors (Lipinski definition) is 3. The molecule has 1 N–H and O–H groups in total. The van der Waals surface area contributed by atoms with E-state index in [1.54, 1.807) is 29.4 Å². The van der Waals surface area contributed by atoms with E-state index in [9.17, 15) is 9.59 Å². The molecule has 5 nitrogen and oxygen atoms in total. The van der Waals surface area contributed by atoms with Crippen molar-refractivity contribution in [2.45, 2.75) is 18.9 Å². The van der Waals surface area contributed by atoms with Crippen LogP contribution in [0.15, 0.2) is 48.8 Å². The molecule has 1 atom stereocenters. The molecule has 0 aliphatic carbocycles. The van der Waals surface area contributed by atoms with Crippen molar-refractivity contribution in [1.29, 1.82) is 0 Å². The summed E-state index contributed by atoms with van der Waals surface area (Å²) in [7, 11) is 0. The number of nitrogens with zero attached hydrogens (tertiary/aromatic N) is 2. The Bertz CT molecular complexity index is 736. The molecule has 3 rings (SSSR count). The van der Waals surface area contributed by atoms with Gasteiger partial charge in [0, 0.05) is 42.5 Å². The number of hydrogen-bond donors (Lipinski definition) is 1. The lowest BCUT2D eigenvalue weighted by Crippen LogP contribution is -2.52. The van der Waals surface area contributed by atoms with Gasteiger partial charge in [0.25, 0.3) is 0 Å². The molecule has 124 valence electrons. The maximum atomic E-state index is 12.7. The molecule has 2 aromatic rings. The maximum absolute atomic E-state index is 12.7. The molecule has 0 spiro atoms. The first-order valence-electron chi connectivity index (χ1n) is 7.87. The number of rotatable bonds is 4. The highest BCUT2D eigenvalue weighted by Gasteiger charge is 2.35. The van der Waals surface area contributed by atoms with Crippen LogP contribution in [0.3, 0.4) is 0 Å². The summed E-state index contributed by atoms with van der Waals surface area (Å²) in [5.74, 6) is -0.238. The molecule has 1 fully saturated rings. The van der Waals surface area contributed by atoms with Crippen molar-refractivity contribution >= 4 is 23.4 Å². The maximum Gasteiger partial charge on any atom is 0.247 e. The first-order valence-corrected chi connectivity index (χ1v) is 8.25. The normalized spacial score (nSPS) is 17.5. The van der Waals surface area contributed by atoms with E-state index >= 15 is 0 Å². The summed E-state index contributed by atoms with van der Waals surface area (Å²) in [6, 6.07) is 10.3. The fraction of sp³-hybridized carbons (Fsp3) is 0.278. The smallest absolute Gasteiger partial charge is 0.247 e. The Kier molecular flexibility index (Phi) is 5.11. The van der Waals surface area contributed by atoms with Crippen molar-refractivity contribution in [1.82, 2.24) is 15.2 Å². The number of amides is 2. The minimum Gasteiger partial charge on any atom is -0.352 e. The van der Waals surface area contributed by atoms with Crippen LogP contribution in [0.2, 0.25) is 5.02 Å². The number of carbonyl (C=O) groups excluding carboxylic acids is 2. The Morgan fingerprint density at radius 2 is 2.00 bits per heavy atom. The molecule has 6 heteroatoms. The first-order chi connectivity index (χ1) is 11.7. The highest BCUT2D eigenvalue weighted by molar-refractivity contribution is 6.31. The molecule has 0 unspecified atom stereocenters. The van der Waals surface area contributed by atoms with Gasteiger partial charge in [0.2, 0.25) is 11.8 Å². The van der Waals surface area contributed by atoms with Crippen molar-refractivity contribution in [2.75, 3.05) is 13.1 Å². The number of piperazine rings is 1. The average Bonchev–Trinajstić information content (AvgIpc) is 2.61. The van der Waals surface area contributed by atoms with E-state index in [1.165, 1.54) is 0 Å². The van der Waals surface area contributed by atoms with Gasteiger partial charge in [-0.2, -0.15) is 0 Å². The van der Waals surface area contributed by atoms with E-state index in [-0.39, 0.29) is 11.8 Å². The molecular weight excluding hydrogens is 326 g/mol. The zero-order chi connectivity index (χ0) is 16.9. The van der Waals surface area contributed by atoms with E-state index in [2.05, 4.69) is 10.3 Å². The Balaban J connectivity index is 1.77. The highest BCUT2D eigenvalue weighted by atomic mass is 35.5. The van der Waals surface area contributed by atoms with Crippen LogP contribution in [0.25, 0.3) is 0 Å². The second kappa shape index (κ2) is 7.45. The summed E-state index contributed by atoms with van der Waals surface area (Å²) in [6.45, 7) is 0.942. The summed E-state index contributed by atoms with van der Waals surface area (Å²) in [6.07, 6.45) is 4.38. The largest absolute Gasteiger partial charge is 0.352 e. The number of benzene rings is 1. The molecule has 1 aliphatic rings. The summed E-state index contributed by atoms with van der Waals surface area (Å²) in [4.78, 5) is 30.7. The molecule has 1 aromatic carbocycles. The predicted molar refractivity (Wildman–Crippen MR) is 91.5 cm³/mol. The zero-order valence-corrected chi connectivity index (χ0v) is 13.9. The van der Waals surface area contributed by atoms with Gasteiger partial charge in [0.05, 0.1) is 0 Å². The third kappa shape index (κ3) is 3.57. The first kappa shape index (κ1) is 16.5. The summed E-state index contributed by atoms with van der Waals surface area (Å²) in [5.41, 5.74) is 1.71. The van der Waals surface area contributed by atoms with Crippen LogP contribution < -0.4 is 5.32 Å². The fourth-order valence-corrected chi connectivity index (χ4v) is 3.12. The van der Waals surface area contributed by atoms with Crippen LogP contribution in [0.1, 0.15) is 23.6 Å². The van der Waals surface area contributed by atoms with Crippen LogP contribution in [0.4, 0.5) is 0 Å². The summed E-state index contributed by atoms with van der Waals surface area (Å²) < 4.78 is 0. The third-order valence-corrected chi connectivity index (χ3v) is 4.45. The van der Waals surface area contributed by atoms with E-state index in [0.29, 0.717) is 36.5 Å². The lowest BCUT2D eigenvalue weighted by molar-refractivity contribution is -0.143. The molecule has 0 saturated carbocycles. The van der Waals surface area contributed by atoms with Gasteiger partial charge in [-0.15, -0.1) is 0 Å². The van der Waals surface area contributed by atoms with Crippen molar-refractivity contribution in [2.24, 2.45) is 0 Å².